The van der Waals surface area contributed by atoms with Crippen LogP contribution in [0.2, 0.25) is 0 Å². The minimum Gasteiger partial charge on any atom is -0.398 e. The number of nitrogens with two attached hydrogens (primary N) is 1. The molecule has 0 amide bonds. The van der Waals surface area contributed by atoms with Gasteiger partial charge in [-0.1, -0.05) is 0 Å². The second-order valence-electron chi connectivity index (χ2n) is 4.43. The Morgan fingerprint density at radius 2 is 2.06 bits per heavy atom. The summed E-state index contributed by atoms with van der Waals surface area (Å²) in [5.74, 6) is 0. The number of benzene rings is 1. The number of pyridine rings is 1. The van der Waals surface area contributed by atoms with Gasteiger partial charge in [0, 0.05) is 34.8 Å². The van der Waals surface area contributed by atoms with E-state index in [2.05, 4.69) is 46.7 Å². The standard InChI is InChI=1S/C13H16BrN3/c1-8(2)17(3)12-5-4-11(15)10-6-9(14)7-16-13(10)12/h4-8H,15H2,1-3H3. The molecule has 17 heavy (non-hydrogen) atoms. The maximum absolute atomic E-state index is 5.99. The monoisotopic (exact) mass is 293 g/mol. The fourth-order valence-corrected chi connectivity index (χ4v) is 2.09. The van der Waals surface area contributed by atoms with Gasteiger partial charge in [0.1, 0.15) is 0 Å². The van der Waals surface area contributed by atoms with E-state index >= 15 is 0 Å². The highest BCUT2D eigenvalue weighted by Gasteiger charge is 2.11. The van der Waals surface area contributed by atoms with E-state index in [4.69, 9.17) is 5.73 Å². The lowest BCUT2D eigenvalue weighted by molar-refractivity contribution is 0.756. The van der Waals surface area contributed by atoms with Gasteiger partial charge < -0.3 is 10.6 Å². The molecule has 1 aromatic heterocycles. The zero-order chi connectivity index (χ0) is 12.6. The third-order valence-corrected chi connectivity index (χ3v) is 3.42. The molecule has 3 nitrogen and oxygen atoms in total. The maximum atomic E-state index is 5.99. The number of fused-ring (bicyclic) bond motifs is 1. The predicted molar refractivity (Wildman–Crippen MR) is 77.4 cm³/mol. The minimum atomic E-state index is 0.423. The summed E-state index contributed by atoms with van der Waals surface area (Å²) in [5.41, 5.74) is 8.81. The number of hydrogen-bond acceptors (Lipinski definition) is 3. The van der Waals surface area contributed by atoms with Gasteiger partial charge in [-0.05, 0) is 48.0 Å². The van der Waals surface area contributed by atoms with Crippen molar-refractivity contribution in [3.63, 3.8) is 0 Å². The van der Waals surface area contributed by atoms with Crippen molar-refractivity contribution in [3.05, 3.63) is 28.9 Å². The largest absolute Gasteiger partial charge is 0.398 e. The molecule has 2 rings (SSSR count). The normalized spacial score (nSPS) is 11.1. The van der Waals surface area contributed by atoms with E-state index < -0.39 is 0 Å². The van der Waals surface area contributed by atoms with Crippen molar-refractivity contribution in [3.8, 4) is 0 Å². The predicted octanol–water partition coefficient (Wildman–Crippen LogP) is 3.42. The van der Waals surface area contributed by atoms with Crippen LogP contribution in [-0.2, 0) is 0 Å². The van der Waals surface area contributed by atoms with Crippen LogP contribution in [0.3, 0.4) is 0 Å². The first kappa shape index (κ1) is 12.2. The van der Waals surface area contributed by atoms with Crippen LogP contribution in [0.1, 0.15) is 13.8 Å². The summed E-state index contributed by atoms with van der Waals surface area (Å²) in [7, 11) is 2.07. The molecule has 0 saturated carbocycles. The highest BCUT2D eigenvalue weighted by molar-refractivity contribution is 9.10. The van der Waals surface area contributed by atoms with Gasteiger partial charge in [-0.2, -0.15) is 0 Å². The van der Waals surface area contributed by atoms with E-state index in [1.54, 1.807) is 6.20 Å². The Morgan fingerprint density at radius 3 is 2.71 bits per heavy atom. The van der Waals surface area contributed by atoms with Crippen molar-refractivity contribution in [2.75, 3.05) is 17.7 Å². The average molecular weight is 294 g/mol. The maximum Gasteiger partial charge on any atom is 0.0956 e. The van der Waals surface area contributed by atoms with Gasteiger partial charge in [0.25, 0.3) is 0 Å². The van der Waals surface area contributed by atoms with Crippen molar-refractivity contribution in [2.45, 2.75) is 19.9 Å². The zero-order valence-electron chi connectivity index (χ0n) is 10.2. The van der Waals surface area contributed by atoms with Crippen molar-refractivity contribution >= 4 is 38.2 Å². The van der Waals surface area contributed by atoms with Crippen LogP contribution in [-0.4, -0.2) is 18.1 Å². The van der Waals surface area contributed by atoms with Crippen LogP contribution in [0.5, 0.6) is 0 Å². The van der Waals surface area contributed by atoms with Gasteiger partial charge in [-0.3, -0.25) is 4.98 Å². The van der Waals surface area contributed by atoms with Crippen LogP contribution in [0.15, 0.2) is 28.9 Å². The third kappa shape index (κ3) is 2.22. The Kier molecular flexibility index (Phi) is 3.24. The molecule has 2 N–H and O–H groups in total. The van der Waals surface area contributed by atoms with Crippen molar-refractivity contribution in [2.24, 2.45) is 0 Å². The summed E-state index contributed by atoms with van der Waals surface area (Å²) in [5, 5.41) is 0.990. The van der Waals surface area contributed by atoms with E-state index in [-0.39, 0.29) is 0 Å². The number of halogens is 1. The first-order valence-electron chi connectivity index (χ1n) is 5.57. The first-order valence-corrected chi connectivity index (χ1v) is 6.36. The summed E-state index contributed by atoms with van der Waals surface area (Å²) in [6.45, 7) is 4.31. The second-order valence-corrected chi connectivity index (χ2v) is 5.34. The van der Waals surface area contributed by atoms with Crippen LogP contribution in [0.25, 0.3) is 10.9 Å². The molecular formula is C13H16BrN3. The van der Waals surface area contributed by atoms with E-state index in [1.807, 2.05) is 18.2 Å². The SMILES string of the molecule is CC(C)N(C)c1ccc(N)c2cc(Br)cnc12. The Hall–Kier alpha value is -1.29. The summed E-state index contributed by atoms with van der Waals surface area (Å²) in [4.78, 5) is 6.67. The molecule has 0 aliphatic heterocycles. The topological polar surface area (TPSA) is 42.1 Å². The molecule has 0 unspecified atom stereocenters. The van der Waals surface area contributed by atoms with Crippen LogP contribution in [0.4, 0.5) is 11.4 Å². The molecule has 1 heterocycles. The Bertz CT molecular complexity index is 552. The Balaban J connectivity index is 2.70. The molecule has 0 saturated heterocycles. The summed E-state index contributed by atoms with van der Waals surface area (Å²) < 4.78 is 0.945. The van der Waals surface area contributed by atoms with Gasteiger partial charge >= 0.3 is 0 Å². The number of aromatic nitrogens is 1. The van der Waals surface area contributed by atoms with E-state index in [9.17, 15) is 0 Å². The molecule has 90 valence electrons. The molecule has 0 fully saturated rings. The average Bonchev–Trinajstić information content (AvgIpc) is 2.29. The van der Waals surface area contributed by atoms with Gasteiger partial charge in [-0.15, -0.1) is 0 Å². The number of nitrogens with zero attached hydrogens (tertiary/aromatic N) is 2. The summed E-state index contributed by atoms with van der Waals surface area (Å²) >= 11 is 3.43. The molecule has 0 spiro atoms. The number of nitrogen functional groups attached to an aromatic ring is 1. The lowest BCUT2D eigenvalue weighted by Crippen LogP contribution is -2.26. The lowest BCUT2D eigenvalue weighted by atomic mass is 10.1. The minimum absolute atomic E-state index is 0.423. The first-order chi connectivity index (χ1) is 8.00. The number of rotatable bonds is 2. The molecular weight excluding hydrogens is 278 g/mol. The molecule has 4 heteroatoms. The van der Waals surface area contributed by atoms with Gasteiger partial charge in [-0.25, -0.2) is 0 Å². The highest BCUT2D eigenvalue weighted by Crippen LogP contribution is 2.31. The van der Waals surface area contributed by atoms with E-state index in [0.29, 0.717) is 6.04 Å². The van der Waals surface area contributed by atoms with Crippen LogP contribution >= 0.6 is 15.9 Å². The molecule has 1 aromatic carbocycles. The quantitative estimate of drug-likeness (QED) is 0.863. The second kappa shape index (κ2) is 4.53. The molecule has 0 aliphatic rings. The lowest BCUT2D eigenvalue weighted by Gasteiger charge is -2.25. The van der Waals surface area contributed by atoms with Crippen LogP contribution in [0, 0.1) is 0 Å². The fraction of sp³-hybridized carbons (Fsp3) is 0.308. The molecule has 0 atom stereocenters. The van der Waals surface area contributed by atoms with Gasteiger partial charge in [0.05, 0.1) is 11.2 Å². The van der Waals surface area contributed by atoms with E-state index in [0.717, 1.165) is 26.8 Å². The smallest absolute Gasteiger partial charge is 0.0956 e. The Morgan fingerprint density at radius 1 is 1.35 bits per heavy atom. The molecule has 0 radical (unpaired) electrons. The highest BCUT2D eigenvalue weighted by atomic mass is 79.9. The molecule has 0 bridgehead atoms. The number of hydrogen-bond donors (Lipinski definition) is 1. The Labute approximate surface area is 110 Å². The van der Waals surface area contributed by atoms with Crippen molar-refractivity contribution in [1.82, 2.24) is 4.98 Å². The van der Waals surface area contributed by atoms with Crippen molar-refractivity contribution in [1.29, 1.82) is 0 Å². The van der Waals surface area contributed by atoms with Gasteiger partial charge in [0.2, 0.25) is 0 Å². The fourth-order valence-electron chi connectivity index (χ4n) is 1.76. The number of anilines is 2. The van der Waals surface area contributed by atoms with Crippen molar-refractivity contribution < 1.29 is 0 Å². The summed E-state index contributed by atoms with van der Waals surface area (Å²) in [6.07, 6.45) is 1.80. The van der Waals surface area contributed by atoms with E-state index in [1.165, 1.54) is 0 Å². The van der Waals surface area contributed by atoms with Gasteiger partial charge in [0.15, 0.2) is 0 Å². The molecule has 2 aromatic rings. The third-order valence-electron chi connectivity index (χ3n) is 2.98. The summed E-state index contributed by atoms with van der Waals surface area (Å²) in [6, 6.07) is 6.39. The molecule has 0 aliphatic carbocycles. The zero-order valence-corrected chi connectivity index (χ0v) is 11.8. The van der Waals surface area contributed by atoms with Crippen LogP contribution < -0.4 is 10.6 Å².